The van der Waals surface area contributed by atoms with Crippen molar-refractivity contribution in [3.8, 4) is 0 Å². The second kappa shape index (κ2) is 11.8. The molecular formula is C6H19KNO4P. The van der Waals surface area contributed by atoms with Crippen molar-refractivity contribution in [1.29, 1.82) is 0 Å². The van der Waals surface area contributed by atoms with Crippen molar-refractivity contribution in [2.24, 2.45) is 0 Å². The quantitative estimate of drug-likeness (QED) is 0.376. The Kier molecular flexibility index (Phi) is 18.3. The van der Waals surface area contributed by atoms with E-state index >= 15 is 0 Å². The molecular weight excluding hydrogens is 220 g/mol. The molecule has 0 aliphatic rings. The molecule has 0 amide bonds. The maximum Gasteiger partial charge on any atom is 1.00 e. The first kappa shape index (κ1) is 20.2. The van der Waals surface area contributed by atoms with E-state index in [2.05, 4.69) is 25.7 Å². The summed E-state index contributed by atoms with van der Waals surface area (Å²) in [5, 5.41) is 0. The van der Waals surface area contributed by atoms with Gasteiger partial charge in [0.1, 0.15) is 0 Å². The first-order valence-electron chi connectivity index (χ1n) is 3.85. The number of nitrogens with zero attached hydrogens (tertiary/aromatic N) is 1. The molecule has 0 spiro atoms. The SMILES string of the molecule is CCN(CC)CC.O=P(O)(O)O.[H-].[K+]. The summed E-state index contributed by atoms with van der Waals surface area (Å²) < 4.78 is 8.88. The van der Waals surface area contributed by atoms with E-state index < -0.39 is 7.82 Å². The summed E-state index contributed by atoms with van der Waals surface area (Å²) in [6.45, 7) is 10.1. The molecule has 0 aliphatic carbocycles. The zero-order chi connectivity index (χ0) is 10.2. The van der Waals surface area contributed by atoms with Gasteiger partial charge in [0.05, 0.1) is 0 Å². The first-order valence-corrected chi connectivity index (χ1v) is 5.42. The van der Waals surface area contributed by atoms with Gasteiger partial charge in [-0.25, -0.2) is 4.57 Å². The van der Waals surface area contributed by atoms with E-state index in [4.69, 9.17) is 19.2 Å². The van der Waals surface area contributed by atoms with Crippen molar-refractivity contribution in [3.63, 3.8) is 0 Å². The smallest absolute Gasteiger partial charge is 1.00 e. The average molecular weight is 239 g/mol. The van der Waals surface area contributed by atoms with E-state index in [-0.39, 0.29) is 52.8 Å². The second-order valence-corrected chi connectivity index (χ2v) is 3.16. The molecule has 0 heterocycles. The summed E-state index contributed by atoms with van der Waals surface area (Å²) in [6, 6.07) is 0. The average Bonchev–Trinajstić information content (AvgIpc) is 1.88. The topological polar surface area (TPSA) is 81.0 Å². The summed E-state index contributed by atoms with van der Waals surface area (Å²) in [5.74, 6) is 0. The number of phosphoric acid groups is 1. The summed E-state index contributed by atoms with van der Waals surface area (Å²) in [5.41, 5.74) is 0. The third-order valence-electron chi connectivity index (χ3n) is 1.34. The number of hydrogen-bond acceptors (Lipinski definition) is 2. The first-order chi connectivity index (χ1) is 5.35. The third kappa shape index (κ3) is 31.6. The Balaban J connectivity index is -0.0000000651. The van der Waals surface area contributed by atoms with Gasteiger partial charge in [-0.2, -0.15) is 0 Å². The molecule has 0 aromatic heterocycles. The predicted molar refractivity (Wildman–Crippen MR) is 48.8 cm³/mol. The van der Waals surface area contributed by atoms with Crippen LogP contribution in [0.15, 0.2) is 0 Å². The molecule has 13 heavy (non-hydrogen) atoms. The monoisotopic (exact) mass is 239 g/mol. The van der Waals surface area contributed by atoms with Gasteiger partial charge in [-0.15, -0.1) is 0 Å². The Morgan fingerprint density at radius 2 is 1.23 bits per heavy atom. The summed E-state index contributed by atoms with van der Waals surface area (Å²) in [7, 11) is -4.64. The van der Waals surface area contributed by atoms with E-state index in [1.165, 1.54) is 19.6 Å². The van der Waals surface area contributed by atoms with Crippen LogP contribution >= 0.6 is 7.82 Å². The van der Waals surface area contributed by atoms with Gasteiger partial charge in [-0.05, 0) is 19.6 Å². The molecule has 0 bridgehead atoms. The zero-order valence-electron chi connectivity index (χ0n) is 9.77. The fourth-order valence-electron chi connectivity index (χ4n) is 0.671. The zero-order valence-corrected chi connectivity index (χ0v) is 12.8. The largest absolute Gasteiger partial charge is 1.00 e. The molecule has 0 radical (unpaired) electrons. The van der Waals surface area contributed by atoms with Crippen molar-refractivity contribution >= 4 is 7.82 Å². The summed E-state index contributed by atoms with van der Waals surface area (Å²) >= 11 is 0. The van der Waals surface area contributed by atoms with Crippen LogP contribution in [-0.4, -0.2) is 39.2 Å². The molecule has 78 valence electrons. The Hall–Kier alpha value is 1.71. The molecule has 0 aliphatic heterocycles. The minimum Gasteiger partial charge on any atom is -1.00 e. The van der Waals surface area contributed by atoms with Gasteiger partial charge in [0.25, 0.3) is 0 Å². The van der Waals surface area contributed by atoms with Crippen molar-refractivity contribution in [3.05, 3.63) is 0 Å². The maximum atomic E-state index is 8.88. The van der Waals surface area contributed by atoms with E-state index in [1.807, 2.05) is 0 Å². The summed E-state index contributed by atoms with van der Waals surface area (Å²) in [6.07, 6.45) is 0. The molecule has 0 aromatic rings. The van der Waals surface area contributed by atoms with Gasteiger partial charge in [-0.1, -0.05) is 20.8 Å². The molecule has 0 saturated carbocycles. The van der Waals surface area contributed by atoms with Crippen LogP contribution in [0.4, 0.5) is 0 Å². The Bertz CT molecular complexity index is 128. The molecule has 0 aromatic carbocycles. The van der Waals surface area contributed by atoms with Crippen LogP contribution in [0.25, 0.3) is 0 Å². The second-order valence-electron chi connectivity index (χ2n) is 2.13. The van der Waals surface area contributed by atoms with Gasteiger partial charge in [-0.3, -0.25) is 0 Å². The fourth-order valence-corrected chi connectivity index (χ4v) is 0.671. The van der Waals surface area contributed by atoms with E-state index in [0.717, 1.165) is 0 Å². The van der Waals surface area contributed by atoms with Crippen LogP contribution in [0.3, 0.4) is 0 Å². The van der Waals surface area contributed by atoms with E-state index in [1.54, 1.807) is 0 Å². The molecule has 0 rings (SSSR count). The number of hydrogen-bond donors (Lipinski definition) is 3. The van der Waals surface area contributed by atoms with Crippen molar-refractivity contribution in [2.45, 2.75) is 20.8 Å². The van der Waals surface area contributed by atoms with Crippen LogP contribution in [0.2, 0.25) is 0 Å². The van der Waals surface area contributed by atoms with Gasteiger partial charge >= 0.3 is 59.2 Å². The van der Waals surface area contributed by atoms with Gasteiger partial charge in [0, 0.05) is 0 Å². The van der Waals surface area contributed by atoms with Gasteiger partial charge in [0.15, 0.2) is 0 Å². The van der Waals surface area contributed by atoms with Crippen molar-refractivity contribution in [1.82, 2.24) is 4.90 Å². The Morgan fingerprint density at radius 3 is 1.23 bits per heavy atom. The van der Waals surface area contributed by atoms with E-state index in [0.29, 0.717) is 0 Å². The molecule has 5 nitrogen and oxygen atoms in total. The minimum absolute atomic E-state index is 0. The minimum atomic E-state index is -4.64. The van der Waals surface area contributed by atoms with Crippen molar-refractivity contribution in [2.75, 3.05) is 19.6 Å². The number of rotatable bonds is 3. The van der Waals surface area contributed by atoms with Gasteiger partial charge < -0.3 is 21.0 Å². The normalized spacial score (nSPS) is 10.1. The van der Waals surface area contributed by atoms with Crippen LogP contribution in [0.1, 0.15) is 22.2 Å². The van der Waals surface area contributed by atoms with Crippen LogP contribution < -0.4 is 51.4 Å². The van der Waals surface area contributed by atoms with Gasteiger partial charge in [0.2, 0.25) is 0 Å². The maximum absolute atomic E-state index is 8.88. The van der Waals surface area contributed by atoms with E-state index in [9.17, 15) is 0 Å². The molecule has 0 unspecified atom stereocenters. The summed E-state index contributed by atoms with van der Waals surface area (Å²) in [4.78, 5) is 23.9. The predicted octanol–water partition coefficient (Wildman–Crippen LogP) is -2.46. The fraction of sp³-hybridized carbons (Fsp3) is 1.00. The van der Waals surface area contributed by atoms with Crippen LogP contribution in [0, 0.1) is 0 Å². The third-order valence-corrected chi connectivity index (χ3v) is 1.34. The molecule has 0 atom stereocenters. The molecule has 7 heteroatoms. The molecule has 0 fully saturated rings. The molecule has 3 N–H and O–H groups in total. The Labute approximate surface area is 124 Å². The Morgan fingerprint density at radius 1 is 1.08 bits per heavy atom. The van der Waals surface area contributed by atoms with Crippen molar-refractivity contribution < 1.29 is 72.1 Å². The standard InChI is InChI=1S/C6H15N.K.H3O4P.H/c1-4-7(5-2)6-3;;1-5(2,3)4;/h4-6H2,1-3H3;;(H3,1,2,3,4);/q;+1;;-1. The van der Waals surface area contributed by atoms with Crippen LogP contribution in [-0.2, 0) is 4.57 Å². The van der Waals surface area contributed by atoms with Crippen LogP contribution in [0.5, 0.6) is 0 Å². The molecule has 0 saturated heterocycles.